The van der Waals surface area contributed by atoms with Crippen LogP contribution in [0.2, 0.25) is 5.02 Å². The fourth-order valence-corrected chi connectivity index (χ4v) is 5.29. The molecule has 0 bridgehead atoms. The van der Waals surface area contributed by atoms with E-state index in [-0.39, 0.29) is 5.78 Å². The van der Waals surface area contributed by atoms with Gasteiger partial charge in [0.15, 0.2) is 11.5 Å². The van der Waals surface area contributed by atoms with E-state index in [1.807, 2.05) is 24.3 Å². The molecule has 39 heavy (non-hydrogen) atoms. The number of hydrogen-bond donors (Lipinski definition) is 1. The summed E-state index contributed by atoms with van der Waals surface area (Å²) >= 11 is 6.56. The summed E-state index contributed by atoms with van der Waals surface area (Å²) in [5, 5.41) is 4.62. The maximum absolute atomic E-state index is 12.3. The number of aromatic nitrogens is 2. The standard InChI is InChI=1S/C29H33ClN4O5/c30-23-16-21(5-4-20(23)15-22(35)14-19-2-3-19)33-29-26-24(31-18-32-29)17-25(27-28(26)39-13-12-38-27)37-9-1-6-34-7-10-36-11-8-34/h4-5,16-19H,1-3,6-15H2,(H,31,32,33). The number of fused-ring (bicyclic) bond motifs is 3. The lowest BCUT2D eigenvalue weighted by Gasteiger charge is -2.26. The normalized spacial score (nSPS) is 17.3. The molecule has 1 N–H and O–H groups in total. The van der Waals surface area contributed by atoms with Gasteiger partial charge in [-0.25, -0.2) is 9.97 Å². The number of hydrogen-bond acceptors (Lipinski definition) is 9. The Balaban J connectivity index is 1.19. The minimum atomic E-state index is 0.241. The zero-order chi connectivity index (χ0) is 26.6. The molecule has 0 spiro atoms. The number of carbonyl (C=O) groups excluding carboxylic acids is 1. The molecule has 1 saturated heterocycles. The maximum Gasteiger partial charge on any atom is 0.204 e. The second-order valence-corrected chi connectivity index (χ2v) is 10.7. The van der Waals surface area contributed by atoms with E-state index in [1.165, 1.54) is 6.33 Å². The molecule has 0 unspecified atom stereocenters. The number of morpholine rings is 1. The summed E-state index contributed by atoms with van der Waals surface area (Å²) in [6.07, 6.45) is 5.74. The third-order valence-electron chi connectivity index (χ3n) is 7.27. The van der Waals surface area contributed by atoms with Crippen LogP contribution in [0.15, 0.2) is 30.6 Å². The monoisotopic (exact) mass is 552 g/mol. The van der Waals surface area contributed by atoms with E-state index in [9.17, 15) is 4.79 Å². The second kappa shape index (κ2) is 11.9. The van der Waals surface area contributed by atoms with E-state index in [4.69, 9.17) is 30.5 Å². The van der Waals surface area contributed by atoms with Crippen LogP contribution >= 0.6 is 11.6 Å². The van der Waals surface area contributed by atoms with Gasteiger partial charge in [0.25, 0.3) is 0 Å². The van der Waals surface area contributed by atoms with Crippen LogP contribution < -0.4 is 19.5 Å². The van der Waals surface area contributed by atoms with E-state index in [0.29, 0.717) is 77.6 Å². The van der Waals surface area contributed by atoms with Gasteiger partial charge in [0.05, 0.1) is 30.7 Å². The number of nitrogens with zero attached hydrogens (tertiary/aromatic N) is 3. The highest BCUT2D eigenvalue weighted by Crippen LogP contribution is 2.47. The van der Waals surface area contributed by atoms with E-state index < -0.39 is 0 Å². The molecule has 6 rings (SSSR count). The minimum absolute atomic E-state index is 0.241. The van der Waals surface area contributed by atoms with E-state index >= 15 is 0 Å². The van der Waals surface area contributed by atoms with Crippen molar-refractivity contribution in [1.82, 2.24) is 14.9 Å². The highest BCUT2D eigenvalue weighted by molar-refractivity contribution is 6.31. The average molecular weight is 553 g/mol. The number of carbonyl (C=O) groups is 1. The Morgan fingerprint density at radius 1 is 1.08 bits per heavy atom. The summed E-state index contributed by atoms with van der Waals surface area (Å²) in [6.45, 7) is 5.88. The van der Waals surface area contributed by atoms with Gasteiger partial charge in [-0.1, -0.05) is 17.7 Å². The van der Waals surface area contributed by atoms with Crippen molar-refractivity contribution in [2.75, 3.05) is 58.0 Å². The van der Waals surface area contributed by atoms with Crippen LogP contribution in [-0.4, -0.2) is 73.3 Å². The molecular weight excluding hydrogens is 520 g/mol. The first-order chi connectivity index (χ1) is 19.1. The Bertz CT molecular complexity index is 1340. The SMILES string of the molecule is O=C(Cc1ccc(Nc2ncnc3cc(OCCCN4CCOCC4)c4c(c23)OCCO4)cc1Cl)CC1CC1. The number of Topliss-reactive ketones (excluding diaryl/α,β-unsaturated/α-hetero) is 1. The lowest BCUT2D eigenvalue weighted by atomic mass is 10.0. The maximum atomic E-state index is 12.3. The molecule has 0 amide bonds. The lowest BCUT2D eigenvalue weighted by molar-refractivity contribution is -0.118. The summed E-state index contributed by atoms with van der Waals surface area (Å²) in [5.41, 5.74) is 2.28. The molecular formula is C29H33ClN4O5. The summed E-state index contributed by atoms with van der Waals surface area (Å²) in [6, 6.07) is 7.52. The van der Waals surface area contributed by atoms with Crippen LogP contribution in [0.3, 0.4) is 0 Å². The summed E-state index contributed by atoms with van der Waals surface area (Å²) in [4.78, 5) is 23.7. The third-order valence-corrected chi connectivity index (χ3v) is 7.63. The van der Waals surface area contributed by atoms with Crippen molar-refractivity contribution in [3.05, 3.63) is 41.2 Å². The van der Waals surface area contributed by atoms with Crippen molar-refractivity contribution < 1.29 is 23.7 Å². The fourth-order valence-electron chi connectivity index (χ4n) is 5.04. The fraction of sp³-hybridized carbons (Fsp3) is 0.483. The van der Waals surface area contributed by atoms with Gasteiger partial charge in [-0.3, -0.25) is 9.69 Å². The van der Waals surface area contributed by atoms with Crippen LogP contribution in [0.25, 0.3) is 10.9 Å². The van der Waals surface area contributed by atoms with Gasteiger partial charge < -0.3 is 24.3 Å². The number of ketones is 1. The van der Waals surface area contributed by atoms with Crippen molar-refractivity contribution in [3.63, 3.8) is 0 Å². The Morgan fingerprint density at radius 2 is 1.90 bits per heavy atom. The van der Waals surface area contributed by atoms with Gasteiger partial charge in [0.1, 0.15) is 31.1 Å². The van der Waals surface area contributed by atoms with E-state index in [2.05, 4.69) is 20.2 Å². The Morgan fingerprint density at radius 3 is 2.69 bits per heavy atom. The van der Waals surface area contributed by atoms with Gasteiger partial charge in [-0.15, -0.1) is 0 Å². The summed E-state index contributed by atoms with van der Waals surface area (Å²) < 4.78 is 23.7. The van der Waals surface area contributed by atoms with Crippen molar-refractivity contribution >= 4 is 39.8 Å². The zero-order valence-electron chi connectivity index (χ0n) is 21.9. The van der Waals surface area contributed by atoms with Crippen molar-refractivity contribution in [2.45, 2.75) is 32.1 Å². The molecule has 1 saturated carbocycles. The molecule has 3 aromatic rings. The molecule has 0 atom stereocenters. The molecule has 3 heterocycles. The largest absolute Gasteiger partial charge is 0.489 e. The summed E-state index contributed by atoms with van der Waals surface area (Å²) in [7, 11) is 0. The number of anilines is 2. The second-order valence-electron chi connectivity index (χ2n) is 10.3. The van der Waals surface area contributed by atoms with Crippen molar-refractivity contribution in [2.24, 2.45) is 5.92 Å². The smallest absolute Gasteiger partial charge is 0.204 e. The Labute approximate surface area is 232 Å². The lowest BCUT2D eigenvalue weighted by Crippen LogP contribution is -2.37. The first-order valence-electron chi connectivity index (χ1n) is 13.7. The minimum Gasteiger partial charge on any atom is -0.489 e. The van der Waals surface area contributed by atoms with Gasteiger partial charge in [-0.2, -0.15) is 0 Å². The molecule has 3 aliphatic rings. The molecule has 206 valence electrons. The van der Waals surface area contributed by atoms with Gasteiger partial charge in [0.2, 0.25) is 5.75 Å². The number of benzene rings is 2. The van der Waals surface area contributed by atoms with Crippen LogP contribution in [-0.2, 0) is 16.0 Å². The highest BCUT2D eigenvalue weighted by Gasteiger charge is 2.26. The Hall–Kier alpha value is -3.14. The molecule has 0 radical (unpaired) electrons. The third kappa shape index (κ3) is 6.37. The molecule has 2 fully saturated rings. The quantitative estimate of drug-likeness (QED) is 0.336. The van der Waals surface area contributed by atoms with Crippen LogP contribution in [0.5, 0.6) is 17.2 Å². The highest BCUT2D eigenvalue weighted by atomic mass is 35.5. The van der Waals surface area contributed by atoms with E-state index in [1.54, 1.807) is 0 Å². The topological polar surface area (TPSA) is 95.0 Å². The predicted molar refractivity (Wildman–Crippen MR) is 149 cm³/mol. The Kier molecular flexibility index (Phi) is 7.99. The number of nitrogens with one attached hydrogen (secondary N) is 1. The van der Waals surface area contributed by atoms with Gasteiger partial charge >= 0.3 is 0 Å². The zero-order valence-corrected chi connectivity index (χ0v) is 22.7. The van der Waals surface area contributed by atoms with Crippen LogP contribution in [0.4, 0.5) is 11.5 Å². The van der Waals surface area contributed by atoms with Crippen LogP contribution in [0, 0.1) is 5.92 Å². The van der Waals surface area contributed by atoms with Crippen molar-refractivity contribution in [3.8, 4) is 17.2 Å². The molecule has 2 aromatic carbocycles. The molecule has 2 aliphatic heterocycles. The van der Waals surface area contributed by atoms with Crippen LogP contribution in [0.1, 0.15) is 31.2 Å². The first kappa shape index (κ1) is 26.1. The number of ether oxygens (including phenoxy) is 4. The average Bonchev–Trinajstić information content (AvgIpc) is 3.77. The van der Waals surface area contributed by atoms with Crippen molar-refractivity contribution in [1.29, 1.82) is 0 Å². The van der Waals surface area contributed by atoms with Gasteiger partial charge in [-0.05, 0) is 42.9 Å². The van der Waals surface area contributed by atoms with Gasteiger partial charge in [0, 0.05) is 49.3 Å². The van der Waals surface area contributed by atoms with E-state index in [0.717, 1.165) is 63.4 Å². The molecule has 10 heteroatoms. The molecule has 1 aromatic heterocycles. The first-order valence-corrected chi connectivity index (χ1v) is 14.1. The molecule has 9 nitrogen and oxygen atoms in total. The molecule has 1 aliphatic carbocycles. The summed E-state index contributed by atoms with van der Waals surface area (Å²) in [5.74, 6) is 3.14. The predicted octanol–water partition coefficient (Wildman–Crippen LogP) is 4.81. The number of halogens is 1. The number of rotatable bonds is 11.